The second kappa shape index (κ2) is 11.0. The number of carbonyl (C=O) groups excluding carboxylic acids is 3. The maximum Gasteiger partial charge on any atom is 0.312 e. The highest BCUT2D eigenvalue weighted by Crippen LogP contribution is 2.79. The molecule has 0 N–H and O–H groups in total. The fourth-order valence-corrected chi connectivity index (χ4v) is 12.3. The summed E-state index contributed by atoms with van der Waals surface area (Å²) in [6, 6.07) is 0. The Balaban J connectivity index is 1.42. The number of hydrogen-bond donors (Lipinski definition) is 0. The zero-order chi connectivity index (χ0) is 35.4. The van der Waals surface area contributed by atoms with Crippen LogP contribution >= 0.6 is 0 Å². The van der Waals surface area contributed by atoms with Gasteiger partial charge in [-0.05, 0) is 137 Å². The van der Waals surface area contributed by atoms with Gasteiger partial charge in [-0.2, -0.15) is 0 Å². The van der Waals surface area contributed by atoms with Crippen molar-refractivity contribution >= 4 is 17.7 Å². The Morgan fingerprint density at radius 2 is 1.49 bits per heavy atom. The standard InChI is InChI=1S/C42H66O5/c1-15-42-23-21-38(11)27(33(42)32(26(2)3)28(43)24-42)16-17-29-39(38,12)20-22-41(14)37(9,10)30(18-19-40(29,41)13)46-31(44)25-36(7,8)34(45)47-35(4,5)6/h15,26-27,29-30H,1,16-25H2,2-14H3/t27-,29+,30+,38-,39-,40-,41+,42+/m1/s1. The summed E-state index contributed by atoms with van der Waals surface area (Å²) in [5.74, 6) is 0.894. The zero-order valence-electron chi connectivity index (χ0n) is 32.2. The van der Waals surface area contributed by atoms with Crippen LogP contribution in [0.3, 0.4) is 0 Å². The van der Waals surface area contributed by atoms with E-state index in [4.69, 9.17) is 9.47 Å². The maximum absolute atomic E-state index is 13.5. The second-order valence-electron chi connectivity index (χ2n) is 20.0. The largest absolute Gasteiger partial charge is 0.462 e. The van der Waals surface area contributed by atoms with Crippen molar-refractivity contribution in [1.29, 1.82) is 0 Å². The van der Waals surface area contributed by atoms with E-state index in [0.29, 0.717) is 24.0 Å². The molecule has 5 rings (SSSR count). The molecule has 5 aliphatic rings. The summed E-state index contributed by atoms with van der Waals surface area (Å²) >= 11 is 0. The third-order valence-corrected chi connectivity index (χ3v) is 15.7. The Kier molecular flexibility index (Phi) is 8.55. The predicted octanol–water partition coefficient (Wildman–Crippen LogP) is 10.2. The van der Waals surface area contributed by atoms with Gasteiger partial charge in [-0.25, -0.2) is 0 Å². The molecule has 0 radical (unpaired) electrons. The van der Waals surface area contributed by atoms with Crippen molar-refractivity contribution in [3.8, 4) is 0 Å². The number of ketones is 1. The topological polar surface area (TPSA) is 69.7 Å². The highest BCUT2D eigenvalue weighted by Gasteiger charge is 2.73. The highest BCUT2D eigenvalue weighted by atomic mass is 16.6. The van der Waals surface area contributed by atoms with E-state index in [1.165, 1.54) is 12.0 Å². The van der Waals surface area contributed by atoms with Crippen LogP contribution < -0.4 is 0 Å². The summed E-state index contributed by atoms with van der Waals surface area (Å²) < 4.78 is 12.0. The molecular weight excluding hydrogens is 584 g/mol. The van der Waals surface area contributed by atoms with Gasteiger partial charge in [0.1, 0.15) is 11.7 Å². The molecule has 5 heteroatoms. The summed E-state index contributed by atoms with van der Waals surface area (Å²) in [5.41, 5.74) is 0.954. The summed E-state index contributed by atoms with van der Waals surface area (Å²) in [6.07, 6.45) is 11.1. The quantitative estimate of drug-likeness (QED) is 0.211. The number of allylic oxidation sites excluding steroid dienone is 3. The first-order valence-electron chi connectivity index (χ1n) is 18.7. The summed E-state index contributed by atoms with van der Waals surface area (Å²) in [6.45, 7) is 32.8. The molecule has 0 aromatic rings. The monoisotopic (exact) mass is 650 g/mol. The summed E-state index contributed by atoms with van der Waals surface area (Å²) in [7, 11) is 0. The Morgan fingerprint density at radius 1 is 0.872 bits per heavy atom. The first kappa shape index (κ1) is 36.4. The van der Waals surface area contributed by atoms with Gasteiger partial charge in [0.05, 0.1) is 11.8 Å². The van der Waals surface area contributed by atoms with Crippen LogP contribution in [0.2, 0.25) is 0 Å². The van der Waals surface area contributed by atoms with Crippen molar-refractivity contribution in [3.63, 3.8) is 0 Å². The Hall–Kier alpha value is -1.91. The first-order chi connectivity index (χ1) is 21.4. The summed E-state index contributed by atoms with van der Waals surface area (Å²) in [5, 5.41) is 0. The molecule has 4 saturated carbocycles. The SMILES string of the molecule is C=C[C@@]12CC[C@]3(C)[C@H](CC[C@@H]4[C@@]5(C)CC[C@H](OC(=O)CC(C)(C)C(=O)OC(C)(C)C)C(C)(C)[C@]5(C)CC[C@]43C)C1=C(C(C)C)C(=O)C2. The molecule has 0 bridgehead atoms. The van der Waals surface area contributed by atoms with E-state index in [1.54, 1.807) is 13.8 Å². The van der Waals surface area contributed by atoms with Crippen molar-refractivity contribution in [3.05, 3.63) is 23.8 Å². The smallest absolute Gasteiger partial charge is 0.312 e. The van der Waals surface area contributed by atoms with Gasteiger partial charge in [-0.15, -0.1) is 6.58 Å². The number of fused-ring (bicyclic) bond motifs is 7. The molecule has 0 aliphatic heterocycles. The fourth-order valence-electron chi connectivity index (χ4n) is 12.3. The molecule has 8 atom stereocenters. The average molecular weight is 651 g/mol. The van der Waals surface area contributed by atoms with Crippen LogP contribution in [0, 0.1) is 55.7 Å². The lowest BCUT2D eigenvalue weighted by molar-refractivity contribution is -0.270. The van der Waals surface area contributed by atoms with E-state index >= 15 is 0 Å². The summed E-state index contributed by atoms with van der Waals surface area (Å²) in [4.78, 5) is 39.9. The van der Waals surface area contributed by atoms with E-state index in [1.807, 2.05) is 20.8 Å². The number of esters is 2. The Morgan fingerprint density at radius 3 is 2.06 bits per heavy atom. The van der Waals surface area contributed by atoms with Crippen molar-refractivity contribution in [2.75, 3.05) is 0 Å². The molecule has 5 aliphatic carbocycles. The number of Topliss-reactive ketones (excluding diaryl/α,β-unsaturated/α-hetero) is 1. The van der Waals surface area contributed by atoms with Gasteiger partial charge in [-0.3, -0.25) is 14.4 Å². The average Bonchev–Trinajstić information content (AvgIpc) is 3.24. The van der Waals surface area contributed by atoms with Crippen LogP contribution in [0.1, 0.15) is 154 Å². The van der Waals surface area contributed by atoms with Crippen LogP contribution in [0.25, 0.3) is 0 Å². The van der Waals surface area contributed by atoms with Crippen LogP contribution in [0.5, 0.6) is 0 Å². The third-order valence-electron chi connectivity index (χ3n) is 15.7. The molecule has 47 heavy (non-hydrogen) atoms. The lowest BCUT2D eigenvalue weighted by atomic mass is 9.29. The maximum atomic E-state index is 13.5. The molecule has 0 heterocycles. The normalized spacial score (nSPS) is 41.4. The number of rotatable bonds is 6. The van der Waals surface area contributed by atoms with Gasteiger partial charge in [0.2, 0.25) is 0 Å². The van der Waals surface area contributed by atoms with E-state index in [0.717, 1.165) is 50.5 Å². The Labute approximate surface area is 286 Å². The van der Waals surface area contributed by atoms with Gasteiger partial charge in [-0.1, -0.05) is 61.5 Å². The number of carbonyl (C=O) groups is 3. The molecule has 0 aromatic carbocycles. The zero-order valence-corrected chi connectivity index (χ0v) is 32.2. The van der Waals surface area contributed by atoms with Crippen LogP contribution in [0.15, 0.2) is 23.8 Å². The van der Waals surface area contributed by atoms with Crippen LogP contribution in [0.4, 0.5) is 0 Å². The highest BCUT2D eigenvalue weighted by molar-refractivity contribution is 6.01. The molecule has 0 amide bonds. The van der Waals surface area contributed by atoms with Crippen molar-refractivity contribution in [2.45, 2.75) is 166 Å². The van der Waals surface area contributed by atoms with Crippen LogP contribution in [-0.4, -0.2) is 29.4 Å². The minimum Gasteiger partial charge on any atom is -0.462 e. The Bertz CT molecular complexity index is 1380. The van der Waals surface area contributed by atoms with E-state index in [2.05, 4.69) is 68.0 Å². The molecule has 5 nitrogen and oxygen atoms in total. The molecule has 264 valence electrons. The molecule has 0 unspecified atom stereocenters. The molecular formula is C42H66O5. The van der Waals surface area contributed by atoms with Gasteiger partial charge in [0, 0.05) is 17.3 Å². The predicted molar refractivity (Wildman–Crippen MR) is 188 cm³/mol. The van der Waals surface area contributed by atoms with Crippen molar-refractivity contribution in [2.24, 2.45) is 55.7 Å². The van der Waals surface area contributed by atoms with Gasteiger partial charge in [0.15, 0.2) is 5.78 Å². The first-order valence-corrected chi connectivity index (χ1v) is 18.7. The van der Waals surface area contributed by atoms with Crippen molar-refractivity contribution < 1.29 is 23.9 Å². The van der Waals surface area contributed by atoms with Crippen LogP contribution in [-0.2, 0) is 23.9 Å². The molecule has 0 aromatic heterocycles. The molecule has 0 spiro atoms. The van der Waals surface area contributed by atoms with Gasteiger partial charge in [0.25, 0.3) is 0 Å². The minimum atomic E-state index is -0.958. The minimum absolute atomic E-state index is 0.00579. The van der Waals surface area contributed by atoms with Gasteiger partial charge >= 0.3 is 11.9 Å². The van der Waals surface area contributed by atoms with Crippen molar-refractivity contribution in [1.82, 2.24) is 0 Å². The fraction of sp³-hybridized carbons (Fsp3) is 0.833. The molecule has 4 fully saturated rings. The number of hydrogen-bond acceptors (Lipinski definition) is 5. The lowest BCUT2D eigenvalue weighted by Gasteiger charge is -2.75. The van der Waals surface area contributed by atoms with E-state index in [9.17, 15) is 14.4 Å². The lowest BCUT2D eigenvalue weighted by Crippen LogP contribution is -2.69. The van der Waals surface area contributed by atoms with Gasteiger partial charge < -0.3 is 9.47 Å². The second-order valence-corrected chi connectivity index (χ2v) is 20.0. The molecule has 0 saturated heterocycles. The van der Waals surface area contributed by atoms with E-state index < -0.39 is 11.0 Å². The third kappa shape index (κ3) is 5.07. The number of ether oxygens (including phenoxy) is 2. The van der Waals surface area contributed by atoms with E-state index in [-0.39, 0.29) is 62.9 Å².